The minimum Gasteiger partial charge on any atom is -0.385 e. The molecule has 0 saturated heterocycles. The first-order valence-corrected chi connectivity index (χ1v) is 7.29. The lowest BCUT2D eigenvalue weighted by atomic mass is 10.1. The zero-order valence-electron chi connectivity index (χ0n) is 12.6. The lowest BCUT2D eigenvalue weighted by Crippen LogP contribution is -2.25. The molecule has 21 heavy (non-hydrogen) atoms. The van der Waals surface area contributed by atoms with E-state index in [9.17, 15) is 4.79 Å². The molecule has 0 atom stereocenters. The zero-order chi connectivity index (χ0) is 15.1. The summed E-state index contributed by atoms with van der Waals surface area (Å²) < 4.78 is 2.00. The highest BCUT2D eigenvalue weighted by atomic mass is 16.1. The first-order valence-electron chi connectivity index (χ1n) is 7.29. The number of imidazole rings is 1. The van der Waals surface area contributed by atoms with E-state index < -0.39 is 0 Å². The van der Waals surface area contributed by atoms with E-state index in [2.05, 4.69) is 22.5 Å². The van der Waals surface area contributed by atoms with E-state index in [1.807, 2.05) is 35.9 Å². The first kappa shape index (κ1) is 15.1. The summed E-state index contributed by atoms with van der Waals surface area (Å²) in [5.74, 6) is -0.0215. The number of nitrogens with zero attached hydrogens (tertiary/aromatic N) is 2. The van der Waals surface area contributed by atoms with Crippen LogP contribution in [0.15, 0.2) is 36.9 Å². The van der Waals surface area contributed by atoms with E-state index in [4.69, 9.17) is 0 Å². The van der Waals surface area contributed by atoms with Crippen molar-refractivity contribution >= 4 is 11.6 Å². The number of carbonyl (C=O) groups is 1. The molecule has 0 saturated carbocycles. The number of hydrogen-bond donors (Lipinski definition) is 2. The molecule has 5 heteroatoms. The molecule has 1 aromatic carbocycles. The van der Waals surface area contributed by atoms with Crippen molar-refractivity contribution in [2.45, 2.75) is 26.8 Å². The fraction of sp³-hybridized carbons (Fsp3) is 0.375. The van der Waals surface area contributed by atoms with Crippen LogP contribution in [0.3, 0.4) is 0 Å². The van der Waals surface area contributed by atoms with E-state index in [0.717, 1.165) is 30.8 Å². The number of carbonyl (C=O) groups excluding carboxylic acids is 1. The van der Waals surface area contributed by atoms with Gasteiger partial charge in [0.15, 0.2) is 0 Å². The number of aromatic nitrogens is 2. The van der Waals surface area contributed by atoms with Crippen LogP contribution in [-0.4, -0.2) is 28.5 Å². The average molecular weight is 286 g/mol. The van der Waals surface area contributed by atoms with Crippen LogP contribution in [0.1, 0.15) is 29.3 Å². The van der Waals surface area contributed by atoms with Gasteiger partial charge in [0.1, 0.15) is 0 Å². The molecule has 2 aromatic rings. The van der Waals surface area contributed by atoms with Gasteiger partial charge in [-0.2, -0.15) is 0 Å². The van der Waals surface area contributed by atoms with Gasteiger partial charge in [0.25, 0.3) is 5.91 Å². The highest BCUT2D eigenvalue weighted by Crippen LogP contribution is 2.16. The van der Waals surface area contributed by atoms with Crippen LogP contribution in [0, 0.1) is 6.92 Å². The highest BCUT2D eigenvalue weighted by molar-refractivity contribution is 5.94. The van der Waals surface area contributed by atoms with E-state index in [1.165, 1.54) is 0 Å². The standard InChI is InChI=1S/C16H22N4O/c1-3-18-15-6-5-14(11-13(15)2)16(21)19-7-4-9-20-10-8-17-12-20/h5-6,8,10-12,18H,3-4,7,9H2,1-2H3,(H,19,21). The minimum absolute atomic E-state index is 0.0215. The Hall–Kier alpha value is -2.30. The third kappa shape index (κ3) is 4.34. The summed E-state index contributed by atoms with van der Waals surface area (Å²) in [5.41, 5.74) is 2.87. The van der Waals surface area contributed by atoms with E-state index in [0.29, 0.717) is 12.1 Å². The van der Waals surface area contributed by atoms with Crippen molar-refractivity contribution in [1.29, 1.82) is 0 Å². The van der Waals surface area contributed by atoms with E-state index in [1.54, 1.807) is 12.5 Å². The molecule has 2 rings (SSSR count). The maximum atomic E-state index is 12.1. The lowest BCUT2D eigenvalue weighted by Gasteiger charge is -2.10. The summed E-state index contributed by atoms with van der Waals surface area (Å²) in [6.45, 7) is 6.46. The van der Waals surface area contributed by atoms with Gasteiger partial charge in [-0.05, 0) is 44.0 Å². The highest BCUT2D eigenvalue weighted by Gasteiger charge is 2.06. The van der Waals surface area contributed by atoms with Crippen LogP contribution in [-0.2, 0) is 6.54 Å². The summed E-state index contributed by atoms with van der Waals surface area (Å²) in [4.78, 5) is 16.1. The van der Waals surface area contributed by atoms with Crippen molar-refractivity contribution in [2.24, 2.45) is 0 Å². The maximum absolute atomic E-state index is 12.1. The number of hydrogen-bond acceptors (Lipinski definition) is 3. The third-order valence-electron chi connectivity index (χ3n) is 3.29. The average Bonchev–Trinajstić information content (AvgIpc) is 2.99. The molecule has 0 fully saturated rings. The molecule has 0 bridgehead atoms. The Morgan fingerprint density at radius 2 is 2.24 bits per heavy atom. The van der Waals surface area contributed by atoms with Gasteiger partial charge in [-0.25, -0.2) is 4.98 Å². The van der Waals surface area contributed by atoms with E-state index in [-0.39, 0.29) is 5.91 Å². The second-order valence-corrected chi connectivity index (χ2v) is 4.97. The topological polar surface area (TPSA) is 59.0 Å². The summed E-state index contributed by atoms with van der Waals surface area (Å²) in [6, 6.07) is 5.73. The van der Waals surface area contributed by atoms with Gasteiger partial charge < -0.3 is 15.2 Å². The molecule has 1 heterocycles. The molecule has 0 aliphatic rings. The SMILES string of the molecule is CCNc1ccc(C(=O)NCCCn2ccnc2)cc1C. The Labute approximate surface area is 125 Å². The van der Waals surface area contributed by atoms with Gasteiger partial charge in [-0.1, -0.05) is 0 Å². The Morgan fingerprint density at radius 1 is 1.38 bits per heavy atom. The van der Waals surface area contributed by atoms with Crippen LogP contribution in [0.2, 0.25) is 0 Å². The predicted octanol–water partition coefficient (Wildman–Crippen LogP) is 2.44. The number of benzene rings is 1. The molecule has 0 radical (unpaired) electrons. The van der Waals surface area contributed by atoms with Crippen LogP contribution in [0.25, 0.3) is 0 Å². The lowest BCUT2D eigenvalue weighted by molar-refractivity contribution is 0.0952. The molecular formula is C16H22N4O. The van der Waals surface area contributed by atoms with Crippen LogP contribution in [0.5, 0.6) is 0 Å². The monoisotopic (exact) mass is 286 g/mol. The molecule has 1 amide bonds. The number of amides is 1. The zero-order valence-corrected chi connectivity index (χ0v) is 12.6. The van der Waals surface area contributed by atoms with Gasteiger partial charge in [-0.3, -0.25) is 4.79 Å². The summed E-state index contributed by atoms with van der Waals surface area (Å²) in [7, 11) is 0. The number of nitrogens with one attached hydrogen (secondary N) is 2. The van der Waals surface area contributed by atoms with Crippen molar-refractivity contribution in [3.8, 4) is 0 Å². The minimum atomic E-state index is -0.0215. The fourth-order valence-corrected chi connectivity index (χ4v) is 2.18. The maximum Gasteiger partial charge on any atom is 0.251 e. The van der Waals surface area contributed by atoms with Crippen LogP contribution in [0.4, 0.5) is 5.69 Å². The third-order valence-corrected chi connectivity index (χ3v) is 3.29. The molecule has 2 N–H and O–H groups in total. The quantitative estimate of drug-likeness (QED) is 0.769. The summed E-state index contributed by atoms with van der Waals surface area (Å²) in [5, 5.41) is 6.22. The van der Waals surface area contributed by atoms with Crippen LogP contribution < -0.4 is 10.6 Å². The van der Waals surface area contributed by atoms with Gasteiger partial charge >= 0.3 is 0 Å². The molecule has 5 nitrogen and oxygen atoms in total. The fourth-order valence-electron chi connectivity index (χ4n) is 2.18. The Bertz CT molecular complexity index is 578. The van der Waals surface area contributed by atoms with Gasteiger partial charge in [-0.15, -0.1) is 0 Å². The van der Waals surface area contributed by atoms with Crippen molar-refractivity contribution < 1.29 is 4.79 Å². The summed E-state index contributed by atoms with van der Waals surface area (Å²) in [6.07, 6.45) is 6.35. The smallest absolute Gasteiger partial charge is 0.251 e. The Kier molecular flexibility index (Phi) is 5.37. The normalized spacial score (nSPS) is 10.4. The molecule has 112 valence electrons. The van der Waals surface area contributed by atoms with Gasteiger partial charge in [0.2, 0.25) is 0 Å². The molecular weight excluding hydrogens is 264 g/mol. The molecule has 0 unspecified atom stereocenters. The molecule has 0 aliphatic heterocycles. The van der Waals surface area contributed by atoms with Gasteiger partial charge in [0, 0.05) is 43.3 Å². The van der Waals surface area contributed by atoms with Crippen LogP contribution >= 0.6 is 0 Å². The number of rotatable bonds is 7. The van der Waals surface area contributed by atoms with Crippen molar-refractivity contribution in [1.82, 2.24) is 14.9 Å². The van der Waals surface area contributed by atoms with Gasteiger partial charge in [0.05, 0.1) is 6.33 Å². The van der Waals surface area contributed by atoms with E-state index >= 15 is 0 Å². The first-order chi connectivity index (χ1) is 10.2. The molecule has 0 aliphatic carbocycles. The number of anilines is 1. The van der Waals surface area contributed by atoms with Crippen molar-refractivity contribution in [3.63, 3.8) is 0 Å². The largest absolute Gasteiger partial charge is 0.385 e. The predicted molar refractivity (Wildman–Crippen MR) is 84.5 cm³/mol. The molecule has 0 spiro atoms. The second-order valence-electron chi connectivity index (χ2n) is 4.97. The Morgan fingerprint density at radius 3 is 2.90 bits per heavy atom. The number of aryl methyl sites for hydroxylation is 2. The van der Waals surface area contributed by atoms with Crippen molar-refractivity contribution in [3.05, 3.63) is 48.0 Å². The second kappa shape index (κ2) is 7.47. The molecule has 1 aromatic heterocycles. The summed E-state index contributed by atoms with van der Waals surface area (Å²) >= 11 is 0. The van der Waals surface area contributed by atoms with Crippen molar-refractivity contribution in [2.75, 3.05) is 18.4 Å². The Balaban J connectivity index is 1.81.